The van der Waals surface area contributed by atoms with E-state index in [9.17, 15) is 0 Å². The fourth-order valence-electron chi connectivity index (χ4n) is 2.29. The van der Waals surface area contributed by atoms with Crippen LogP contribution in [0.15, 0.2) is 30.3 Å². The maximum atomic E-state index is 2.52. The molecular weight excluding hydrogens is 184 g/mol. The highest BCUT2D eigenvalue weighted by Crippen LogP contribution is 2.20. The summed E-state index contributed by atoms with van der Waals surface area (Å²) in [5.41, 5.74) is 1.33. The minimum Gasteiger partial charge on any atom is -0.370 e. The van der Waals surface area contributed by atoms with Gasteiger partial charge in [-0.15, -0.1) is 0 Å². The van der Waals surface area contributed by atoms with Gasteiger partial charge in [0.25, 0.3) is 0 Å². The normalized spacial score (nSPS) is 21.9. The summed E-state index contributed by atoms with van der Waals surface area (Å²) >= 11 is 0. The van der Waals surface area contributed by atoms with E-state index >= 15 is 0 Å². The summed E-state index contributed by atoms with van der Waals surface area (Å²) in [5, 5.41) is 0. The molecule has 82 valence electrons. The molecule has 0 N–H and O–H groups in total. The van der Waals surface area contributed by atoms with Crippen LogP contribution in [-0.2, 0) is 0 Å². The Morgan fingerprint density at radius 3 is 2.67 bits per heavy atom. The van der Waals surface area contributed by atoms with E-state index in [-0.39, 0.29) is 0 Å². The van der Waals surface area contributed by atoms with Gasteiger partial charge in [0.2, 0.25) is 0 Å². The van der Waals surface area contributed by atoms with Crippen molar-refractivity contribution < 1.29 is 0 Å². The number of hydrogen-bond acceptors (Lipinski definition) is 2. The Bertz CT molecular complexity index is 297. The molecule has 1 fully saturated rings. The number of likely N-dealkylation sites (N-methyl/N-ethyl adjacent to an activating group) is 2. The van der Waals surface area contributed by atoms with Crippen molar-refractivity contribution in [1.29, 1.82) is 0 Å². The van der Waals surface area contributed by atoms with Crippen molar-refractivity contribution in [2.45, 2.75) is 19.4 Å². The Kier molecular flexibility index (Phi) is 3.27. The van der Waals surface area contributed by atoms with Gasteiger partial charge in [0.05, 0.1) is 0 Å². The molecule has 1 aliphatic heterocycles. The third kappa shape index (κ3) is 2.32. The zero-order valence-electron chi connectivity index (χ0n) is 9.69. The Balaban J connectivity index is 2.00. The molecule has 1 aliphatic rings. The average molecular weight is 204 g/mol. The lowest BCUT2D eigenvalue weighted by atomic mass is 10.2. The summed E-state index contributed by atoms with van der Waals surface area (Å²) in [6.07, 6.45) is 1.29. The first kappa shape index (κ1) is 10.5. The molecule has 1 aromatic carbocycles. The van der Waals surface area contributed by atoms with Gasteiger partial charge < -0.3 is 9.80 Å². The van der Waals surface area contributed by atoms with Gasteiger partial charge in [-0.1, -0.05) is 25.1 Å². The zero-order valence-corrected chi connectivity index (χ0v) is 9.69. The smallest absolute Gasteiger partial charge is 0.0426 e. The lowest BCUT2D eigenvalue weighted by Crippen LogP contribution is -2.34. The molecular formula is C13H20N2. The summed E-state index contributed by atoms with van der Waals surface area (Å²) in [5.74, 6) is 0. The van der Waals surface area contributed by atoms with Crippen LogP contribution in [0.3, 0.4) is 0 Å². The lowest BCUT2D eigenvalue weighted by molar-refractivity contribution is 0.352. The van der Waals surface area contributed by atoms with E-state index in [0.717, 1.165) is 0 Å². The van der Waals surface area contributed by atoms with E-state index in [4.69, 9.17) is 0 Å². The highest BCUT2D eigenvalue weighted by Gasteiger charge is 2.24. The fraction of sp³-hybridized carbons (Fsp3) is 0.538. The molecule has 0 spiro atoms. The second-order valence-electron chi connectivity index (χ2n) is 4.28. The number of likely N-dealkylation sites (tertiary alicyclic amines) is 1. The van der Waals surface area contributed by atoms with Gasteiger partial charge in [-0.3, -0.25) is 0 Å². The molecule has 2 rings (SSSR count). The van der Waals surface area contributed by atoms with Crippen LogP contribution < -0.4 is 4.90 Å². The first-order valence-corrected chi connectivity index (χ1v) is 5.81. The van der Waals surface area contributed by atoms with Gasteiger partial charge >= 0.3 is 0 Å². The molecule has 0 aliphatic carbocycles. The van der Waals surface area contributed by atoms with Crippen molar-refractivity contribution in [1.82, 2.24) is 4.90 Å². The third-order valence-electron chi connectivity index (χ3n) is 3.41. The molecule has 0 saturated carbocycles. The Labute approximate surface area is 92.5 Å². The molecule has 0 bridgehead atoms. The van der Waals surface area contributed by atoms with Gasteiger partial charge in [0, 0.05) is 31.9 Å². The monoisotopic (exact) mass is 204 g/mol. The Morgan fingerprint density at radius 1 is 1.33 bits per heavy atom. The van der Waals surface area contributed by atoms with Crippen LogP contribution in [0, 0.1) is 0 Å². The summed E-state index contributed by atoms with van der Waals surface area (Å²) in [7, 11) is 2.21. The lowest BCUT2D eigenvalue weighted by Gasteiger charge is -2.26. The van der Waals surface area contributed by atoms with E-state index in [0.29, 0.717) is 6.04 Å². The van der Waals surface area contributed by atoms with Crippen molar-refractivity contribution in [2.24, 2.45) is 0 Å². The van der Waals surface area contributed by atoms with Crippen molar-refractivity contribution in [3.05, 3.63) is 30.3 Å². The van der Waals surface area contributed by atoms with E-state index in [1.165, 1.54) is 31.7 Å². The number of benzene rings is 1. The molecule has 2 nitrogen and oxygen atoms in total. The molecule has 15 heavy (non-hydrogen) atoms. The third-order valence-corrected chi connectivity index (χ3v) is 3.41. The fourth-order valence-corrected chi connectivity index (χ4v) is 2.29. The second kappa shape index (κ2) is 4.67. The summed E-state index contributed by atoms with van der Waals surface area (Å²) in [6, 6.07) is 11.4. The van der Waals surface area contributed by atoms with Gasteiger partial charge in [-0.2, -0.15) is 0 Å². The molecule has 1 saturated heterocycles. The second-order valence-corrected chi connectivity index (χ2v) is 4.28. The van der Waals surface area contributed by atoms with Crippen LogP contribution in [0.25, 0.3) is 0 Å². The van der Waals surface area contributed by atoms with Crippen LogP contribution in [0.1, 0.15) is 13.3 Å². The van der Waals surface area contributed by atoms with Gasteiger partial charge in [-0.25, -0.2) is 0 Å². The maximum absolute atomic E-state index is 2.52. The number of para-hydroxylation sites is 1. The first-order valence-electron chi connectivity index (χ1n) is 5.81. The zero-order chi connectivity index (χ0) is 10.7. The highest BCUT2D eigenvalue weighted by atomic mass is 15.2. The predicted octanol–water partition coefficient (Wildman–Crippen LogP) is 2.22. The number of nitrogens with zero attached hydrogens (tertiary/aromatic N) is 2. The van der Waals surface area contributed by atoms with Gasteiger partial charge in [0.1, 0.15) is 0 Å². The first-order chi connectivity index (χ1) is 7.31. The molecule has 0 amide bonds. The quantitative estimate of drug-likeness (QED) is 0.745. The summed E-state index contributed by atoms with van der Waals surface area (Å²) in [6.45, 7) is 5.88. The minimum atomic E-state index is 0.687. The van der Waals surface area contributed by atoms with Crippen molar-refractivity contribution in [3.63, 3.8) is 0 Å². The molecule has 0 aromatic heterocycles. The summed E-state index contributed by atoms with van der Waals surface area (Å²) in [4.78, 5) is 4.93. The Morgan fingerprint density at radius 2 is 2.07 bits per heavy atom. The molecule has 2 heteroatoms. The number of rotatable bonds is 3. The SMILES string of the molecule is CCN1CC[C@@H](N(C)c2ccccc2)C1. The van der Waals surface area contributed by atoms with Crippen LogP contribution in [0.2, 0.25) is 0 Å². The molecule has 0 radical (unpaired) electrons. The standard InChI is InChI=1S/C13H20N2/c1-3-15-10-9-13(11-15)14(2)12-7-5-4-6-8-12/h4-8,13H,3,9-11H2,1-2H3/t13-/m1/s1. The largest absolute Gasteiger partial charge is 0.370 e. The van der Waals surface area contributed by atoms with Crippen LogP contribution in [-0.4, -0.2) is 37.6 Å². The predicted molar refractivity (Wildman–Crippen MR) is 65.4 cm³/mol. The van der Waals surface area contributed by atoms with Crippen molar-refractivity contribution >= 4 is 5.69 Å². The van der Waals surface area contributed by atoms with Crippen LogP contribution in [0.5, 0.6) is 0 Å². The molecule has 1 aromatic rings. The number of hydrogen-bond donors (Lipinski definition) is 0. The number of anilines is 1. The summed E-state index contributed by atoms with van der Waals surface area (Å²) < 4.78 is 0. The van der Waals surface area contributed by atoms with E-state index in [1.807, 2.05) is 0 Å². The van der Waals surface area contributed by atoms with Gasteiger partial charge in [0.15, 0.2) is 0 Å². The molecule has 1 heterocycles. The van der Waals surface area contributed by atoms with E-state index < -0.39 is 0 Å². The molecule has 0 unspecified atom stereocenters. The average Bonchev–Trinajstić information content (AvgIpc) is 2.78. The van der Waals surface area contributed by atoms with Crippen molar-refractivity contribution in [2.75, 3.05) is 31.6 Å². The van der Waals surface area contributed by atoms with Crippen LogP contribution >= 0.6 is 0 Å². The van der Waals surface area contributed by atoms with E-state index in [2.05, 4.69) is 54.1 Å². The minimum absolute atomic E-state index is 0.687. The maximum Gasteiger partial charge on any atom is 0.0426 e. The highest BCUT2D eigenvalue weighted by molar-refractivity contribution is 5.46. The Hall–Kier alpha value is -1.02. The molecule has 1 atom stereocenters. The topological polar surface area (TPSA) is 6.48 Å². The van der Waals surface area contributed by atoms with Crippen LogP contribution in [0.4, 0.5) is 5.69 Å². The van der Waals surface area contributed by atoms with Gasteiger partial charge in [-0.05, 0) is 25.1 Å². The van der Waals surface area contributed by atoms with Crippen molar-refractivity contribution in [3.8, 4) is 0 Å². The van der Waals surface area contributed by atoms with E-state index in [1.54, 1.807) is 0 Å².